The molecule has 0 spiro atoms. The predicted molar refractivity (Wildman–Crippen MR) is 95.9 cm³/mol. The summed E-state index contributed by atoms with van der Waals surface area (Å²) in [5.41, 5.74) is 0.987. The highest BCUT2D eigenvalue weighted by Gasteiger charge is 2.31. The highest BCUT2D eigenvalue weighted by atomic mass is 19.2. The number of hydrogen-bond acceptors (Lipinski definition) is 0. The molecule has 0 unspecified atom stereocenters. The van der Waals surface area contributed by atoms with Crippen LogP contribution in [0.4, 0.5) is 8.78 Å². The van der Waals surface area contributed by atoms with Gasteiger partial charge in [0.05, 0.1) is 0 Å². The predicted octanol–water partition coefficient (Wildman–Crippen LogP) is 7.01. The van der Waals surface area contributed by atoms with E-state index in [-0.39, 0.29) is 0 Å². The zero-order chi connectivity index (χ0) is 16.9. The van der Waals surface area contributed by atoms with Gasteiger partial charge in [-0.3, -0.25) is 0 Å². The highest BCUT2D eigenvalue weighted by molar-refractivity contribution is 5.22. The van der Waals surface area contributed by atoms with Crippen LogP contribution in [0.1, 0.15) is 75.7 Å². The molecule has 3 rings (SSSR count). The van der Waals surface area contributed by atoms with Gasteiger partial charge in [-0.15, -0.1) is 6.58 Å². The molecular formula is C22H30F2. The van der Waals surface area contributed by atoms with E-state index < -0.39 is 11.6 Å². The summed E-state index contributed by atoms with van der Waals surface area (Å²) in [6, 6.07) is 4.46. The lowest BCUT2D eigenvalue weighted by Gasteiger charge is -2.38. The average Bonchev–Trinajstić information content (AvgIpc) is 2.63. The molecule has 0 N–H and O–H groups in total. The van der Waals surface area contributed by atoms with Crippen LogP contribution in [0, 0.1) is 29.4 Å². The maximum Gasteiger partial charge on any atom is 0.159 e. The Hall–Kier alpha value is -1.18. The Bertz CT molecular complexity index is 535. The molecule has 0 bridgehead atoms. The lowest BCUT2D eigenvalue weighted by atomic mass is 9.68. The zero-order valence-electron chi connectivity index (χ0n) is 14.7. The molecule has 2 aliphatic rings. The molecule has 24 heavy (non-hydrogen) atoms. The van der Waals surface area contributed by atoms with Crippen LogP contribution in [0.3, 0.4) is 0 Å². The van der Waals surface area contributed by atoms with Gasteiger partial charge >= 0.3 is 0 Å². The molecule has 0 amide bonds. The quantitative estimate of drug-likeness (QED) is 0.509. The smallest absolute Gasteiger partial charge is 0.159 e. The van der Waals surface area contributed by atoms with E-state index in [1.165, 1.54) is 57.1 Å². The van der Waals surface area contributed by atoms with E-state index in [2.05, 4.69) is 6.58 Å². The van der Waals surface area contributed by atoms with Gasteiger partial charge in [0.25, 0.3) is 0 Å². The van der Waals surface area contributed by atoms with Crippen molar-refractivity contribution in [1.29, 1.82) is 0 Å². The van der Waals surface area contributed by atoms with E-state index in [0.717, 1.165) is 42.6 Å². The maximum atomic E-state index is 13.4. The van der Waals surface area contributed by atoms with Gasteiger partial charge in [-0.1, -0.05) is 25.0 Å². The lowest BCUT2D eigenvalue weighted by molar-refractivity contribution is 0.157. The Balaban J connectivity index is 1.47. The molecule has 0 aliphatic heterocycles. The summed E-state index contributed by atoms with van der Waals surface area (Å²) in [6.07, 6.45) is 14.9. The van der Waals surface area contributed by atoms with E-state index >= 15 is 0 Å². The van der Waals surface area contributed by atoms with Crippen molar-refractivity contribution in [1.82, 2.24) is 0 Å². The van der Waals surface area contributed by atoms with Crippen LogP contribution in [0.25, 0.3) is 0 Å². The summed E-state index contributed by atoms with van der Waals surface area (Å²) in [5.74, 6) is 1.65. The van der Waals surface area contributed by atoms with Gasteiger partial charge in [-0.25, -0.2) is 8.78 Å². The average molecular weight is 332 g/mol. The second kappa shape index (κ2) is 8.27. The topological polar surface area (TPSA) is 0 Å². The Morgan fingerprint density at radius 1 is 0.875 bits per heavy atom. The van der Waals surface area contributed by atoms with E-state index in [1.54, 1.807) is 6.07 Å². The minimum absolute atomic E-state index is 0.417. The first-order chi connectivity index (χ1) is 11.7. The highest BCUT2D eigenvalue weighted by Crippen LogP contribution is 2.44. The van der Waals surface area contributed by atoms with E-state index in [1.807, 2.05) is 6.08 Å². The van der Waals surface area contributed by atoms with Crippen molar-refractivity contribution in [3.63, 3.8) is 0 Å². The minimum Gasteiger partial charge on any atom is -0.204 e. The first-order valence-corrected chi connectivity index (χ1v) is 9.73. The molecule has 0 radical (unpaired) electrons. The van der Waals surface area contributed by atoms with Crippen molar-refractivity contribution in [3.8, 4) is 0 Å². The molecular weight excluding hydrogens is 302 g/mol. The summed E-state index contributed by atoms with van der Waals surface area (Å²) < 4.78 is 26.5. The standard InChI is InChI=1S/C22H30F2/c1-2-3-4-16-5-7-17(8-6-16)18-9-11-19(12-10-18)20-13-14-21(23)22(24)15-20/h2,13-19H,1,3-12H2. The van der Waals surface area contributed by atoms with E-state index in [9.17, 15) is 8.78 Å². The molecule has 2 aliphatic carbocycles. The van der Waals surface area contributed by atoms with Gasteiger partial charge in [0.2, 0.25) is 0 Å². The Kier molecular flexibility index (Phi) is 6.08. The summed E-state index contributed by atoms with van der Waals surface area (Å²) in [5, 5.41) is 0. The SMILES string of the molecule is C=CCCC1CCC(C2CCC(c3ccc(F)c(F)c3)CC2)CC1. The van der Waals surface area contributed by atoms with Crippen LogP contribution in [-0.2, 0) is 0 Å². The minimum atomic E-state index is -0.736. The van der Waals surface area contributed by atoms with Crippen molar-refractivity contribution in [2.45, 2.75) is 70.1 Å². The van der Waals surface area contributed by atoms with Crippen molar-refractivity contribution >= 4 is 0 Å². The molecule has 0 atom stereocenters. The van der Waals surface area contributed by atoms with Gasteiger partial charge in [0.15, 0.2) is 11.6 Å². The van der Waals surface area contributed by atoms with E-state index in [0.29, 0.717) is 5.92 Å². The fourth-order valence-electron chi connectivity index (χ4n) is 4.99. The normalized spacial score (nSPS) is 30.9. The number of halogens is 2. The van der Waals surface area contributed by atoms with Crippen molar-refractivity contribution < 1.29 is 8.78 Å². The largest absolute Gasteiger partial charge is 0.204 e. The lowest BCUT2D eigenvalue weighted by Crippen LogP contribution is -2.25. The molecule has 2 saturated carbocycles. The molecule has 1 aromatic carbocycles. The molecule has 2 fully saturated rings. The molecule has 0 aromatic heterocycles. The number of hydrogen-bond donors (Lipinski definition) is 0. The van der Waals surface area contributed by atoms with Crippen LogP contribution in [-0.4, -0.2) is 0 Å². The van der Waals surface area contributed by atoms with Gasteiger partial charge in [-0.2, -0.15) is 0 Å². The molecule has 0 nitrogen and oxygen atoms in total. The number of rotatable bonds is 5. The number of benzene rings is 1. The van der Waals surface area contributed by atoms with Crippen LogP contribution in [0.5, 0.6) is 0 Å². The molecule has 2 heteroatoms. The van der Waals surface area contributed by atoms with Crippen LogP contribution < -0.4 is 0 Å². The first-order valence-electron chi connectivity index (χ1n) is 9.73. The second-order valence-corrected chi connectivity index (χ2v) is 7.93. The third-order valence-corrected chi connectivity index (χ3v) is 6.52. The van der Waals surface area contributed by atoms with Crippen molar-refractivity contribution in [2.24, 2.45) is 17.8 Å². The van der Waals surface area contributed by atoms with E-state index in [4.69, 9.17) is 0 Å². The third-order valence-electron chi connectivity index (χ3n) is 6.52. The fourth-order valence-corrected chi connectivity index (χ4v) is 4.99. The molecule has 0 heterocycles. The Morgan fingerprint density at radius 2 is 1.50 bits per heavy atom. The van der Waals surface area contributed by atoms with Gasteiger partial charge < -0.3 is 0 Å². The summed E-state index contributed by atoms with van der Waals surface area (Å²) >= 11 is 0. The summed E-state index contributed by atoms with van der Waals surface area (Å²) in [4.78, 5) is 0. The Morgan fingerprint density at radius 3 is 2.08 bits per heavy atom. The van der Waals surface area contributed by atoms with Gasteiger partial charge in [0.1, 0.15) is 0 Å². The zero-order valence-corrected chi connectivity index (χ0v) is 14.7. The maximum absolute atomic E-state index is 13.4. The van der Waals surface area contributed by atoms with Crippen molar-refractivity contribution in [3.05, 3.63) is 48.1 Å². The van der Waals surface area contributed by atoms with Gasteiger partial charge in [-0.05, 0) is 92.7 Å². The van der Waals surface area contributed by atoms with Crippen molar-refractivity contribution in [2.75, 3.05) is 0 Å². The van der Waals surface area contributed by atoms with Crippen LogP contribution in [0.2, 0.25) is 0 Å². The molecule has 0 saturated heterocycles. The third kappa shape index (κ3) is 4.26. The summed E-state index contributed by atoms with van der Waals surface area (Å²) in [6.45, 7) is 3.83. The van der Waals surface area contributed by atoms with Crippen LogP contribution in [0.15, 0.2) is 30.9 Å². The molecule has 1 aromatic rings. The molecule has 132 valence electrons. The first kappa shape index (κ1) is 17.6. The Labute approximate surface area is 145 Å². The second-order valence-electron chi connectivity index (χ2n) is 7.93. The fraction of sp³-hybridized carbons (Fsp3) is 0.636. The summed E-state index contributed by atoms with van der Waals surface area (Å²) in [7, 11) is 0. The monoisotopic (exact) mass is 332 g/mol. The number of allylic oxidation sites excluding steroid dienone is 1. The van der Waals surface area contributed by atoms with Crippen LogP contribution >= 0.6 is 0 Å². The van der Waals surface area contributed by atoms with Gasteiger partial charge in [0, 0.05) is 0 Å².